The Labute approximate surface area is 245 Å². The number of amides is 1. The number of rotatable bonds is 9. The highest BCUT2D eigenvalue weighted by Gasteiger charge is 2.32. The van der Waals surface area contributed by atoms with E-state index in [1.165, 1.54) is 11.1 Å². The van der Waals surface area contributed by atoms with E-state index in [4.69, 9.17) is 21.7 Å². The molecule has 0 radical (unpaired) electrons. The van der Waals surface area contributed by atoms with Crippen LogP contribution in [0.4, 0.5) is 0 Å². The van der Waals surface area contributed by atoms with Crippen molar-refractivity contribution in [3.05, 3.63) is 93.4 Å². The van der Waals surface area contributed by atoms with Gasteiger partial charge in [0.2, 0.25) is 0 Å². The molecule has 41 heavy (non-hydrogen) atoms. The minimum absolute atomic E-state index is 0.237. The molecule has 1 atom stereocenters. The van der Waals surface area contributed by atoms with Crippen molar-refractivity contribution in [2.75, 3.05) is 13.2 Å². The van der Waals surface area contributed by atoms with Gasteiger partial charge in [-0.3, -0.25) is 4.79 Å². The minimum atomic E-state index is -0.604. The largest absolute Gasteiger partial charge is 0.483 e. The average molecular weight is 574 g/mol. The number of benzene rings is 2. The fourth-order valence-electron chi connectivity index (χ4n) is 4.79. The molecule has 4 rings (SSSR count). The Bertz CT molecular complexity index is 1560. The van der Waals surface area contributed by atoms with Gasteiger partial charge in [-0.1, -0.05) is 24.3 Å². The summed E-state index contributed by atoms with van der Waals surface area (Å²) in [4.78, 5) is 25.4. The first-order chi connectivity index (χ1) is 19.6. The molecule has 0 saturated carbocycles. The van der Waals surface area contributed by atoms with Crippen LogP contribution in [0.3, 0.4) is 0 Å². The van der Waals surface area contributed by atoms with Crippen molar-refractivity contribution in [2.24, 2.45) is 5.10 Å². The van der Waals surface area contributed by atoms with Crippen molar-refractivity contribution in [3.63, 3.8) is 0 Å². The highest BCUT2D eigenvalue weighted by molar-refractivity contribution is 7.80. The predicted molar refractivity (Wildman–Crippen MR) is 163 cm³/mol. The second-order valence-corrected chi connectivity index (χ2v) is 10.2. The van der Waals surface area contributed by atoms with Crippen LogP contribution in [0.15, 0.2) is 64.9 Å². The number of carbonyl (C=O) groups excluding carboxylic acids is 2. The van der Waals surface area contributed by atoms with E-state index in [0.717, 1.165) is 22.6 Å². The first-order valence-corrected chi connectivity index (χ1v) is 13.8. The number of hydrogen-bond acceptors (Lipinski definition) is 6. The molecular formula is C31H35N5O4S. The molecule has 214 valence electrons. The number of ether oxygens (including phenoxy) is 2. The molecule has 0 bridgehead atoms. The van der Waals surface area contributed by atoms with Crippen LogP contribution < -0.4 is 20.8 Å². The smallest absolute Gasteiger partial charge is 0.338 e. The lowest BCUT2D eigenvalue weighted by Gasteiger charge is -2.30. The number of aromatic nitrogens is 1. The lowest BCUT2D eigenvalue weighted by atomic mass is 9.95. The van der Waals surface area contributed by atoms with Crippen molar-refractivity contribution in [3.8, 4) is 11.4 Å². The average Bonchev–Trinajstić information content (AvgIpc) is 3.21. The van der Waals surface area contributed by atoms with Crippen LogP contribution in [-0.4, -0.2) is 41.0 Å². The number of hydrogen-bond donors (Lipinski definition) is 3. The summed E-state index contributed by atoms with van der Waals surface area (Å²) in [5.74, 6) is -0.457. The molecule has 1 aromatic heterocycles. The highest BCUT2D eigenvalue weighted by Crippen LogP contribution is 2.33. The monoisotopic (exact) mass is 573 g/mol. The summed E-state index contributed by atoms with van der Waals surface area (Å²) in [6, 6.07) is 15.0. The molecule has 0 unspecified atom stereocenters. The zero-order chi connectivity index (χ0) is 29.7. The maximum Gasteiger partial charge on any atom is 0.338 e. The van der Waals surface area contributed by atoms with Crippen LogP contribution >= 0.6 is 12.2 Å². The van der Waals surface area contributed by atoms with E-state index in [1.54, 1.807) is 32.2 Å². The van der Waals surface area contributed by atoms with Gasteiger partial charge in [0.1, 0.15) is 5.75 Å². The number of thiocarbonyl (C=S) groups is 1. The van der Waals surface area contributed by atoms with E-state index in [9.17, 15) is 9.59 Å². The molecule has 0 spiro atoms. The SMILES string of the molecule is CCOC(=O)C1=C(C)NC(=S)N[C@@H]1c1ccccc1OCC(=O)NN=Cc1cc(C)n(-c2ccc(C)c(C)c2)c1C. The molecule has 3 aromatic rings. The minimum Gasteiger partial charge on any atom is -0.483 e. The molecule has 0 fully saturated rings. The van der Waals surface area contributed by atoms with Crippen molar-refractivity contribution >= 4 is 35.4 Å². The zero-order valence-electron chi connectivity index (χ0n) is 24.1. The number of esters is 1. The van der Waals surface area contributed by atoms with Crippen molar-refractivity contribution in [1.29, 1.82) is 0 Å². The molecule has 0 aliphatic carbocycles. The molecule has 9 nitrogen and oxygen atoms in total. The van der Waals surface area contributed by atoms with Gasteiger partial charge in [-0.2, -0.15) is 5.10 Å². The summed E-state index contributed by atoms with van der Waals surface area (Å²) < 4.78 is 13.3. The van der Waals surface area contributed by atoms with Gasteiger partial charge in [0, 0.05) is 33.9 Å². The van der Waals surface area contributed by atoms with Crippen LogP contribution in [0.5, 0.6) is 5.75 Å². The summed E-state index contributed by atoms with van der Waals surface area (Å²) in [6.45, 7) is 11.7. The zero-order valence-corrected chi connectivity index (χ0v) is 24.9. The number of allylic oxidation sites excluding steroid dienone is 1. The Kier molecular flexibility index (Phi) is 9.24. The molecule has 1 aliphatic heterocycles. The van der Waals surface area contributed by atoms with Gasteiger partial charge in [-0.25, -0.2) is 10.2 Å². The number of hydrazone groups is 1. The maximum absolute atomic E-state index is 12.7. The first-order valence-electron chi connectivity index (χ1n) is 13.4. The Morgan fingerprint density at radius 3 is 2.56 bits per heavy atom. The molecule has 3 N–H and O–H groups in total. The normalized spacial score (nSPS) is 15.0. The number of carbonyl (C=O) groups is 2. The Morgan fingerprint density at radius 2 is 1.83 bits per heavy atom. The third-order valence-corrected chi connectivity index (χ3v) is 7.19. The number of aryl methyl sites for hydroxylation is 3. The van der Waals surface area contributed by atoms with Crippen molar-refractivity contribution in [2.45, 2.75) is 47.6 Å². The second-order valence-electron chi connectivity index (χ2n) is 9.84. The van der Waals surface area contributed by atoms with Gasteiger partial charge in [0.05, 0.1) is 24.4 Å². The van der Waals surface area contributed by atoms with E-state index < -0.39 is 17.9 Å². The highest BCUT2D eigenvalue weighted by atomic mass is 32.1. The van der Waals surface area contributed by atoms with E-state index in [2.05, 4.69) is 57.8 Å². The molecule has 0 saturated heterocycles. The molecule has 10 heteroatoms. The van der Waals surface area contributed by atoms with Gasteiger partial charge in [0.15, 0.2) is 11.7 Å². The topological polar surface area (TPSA) is 106 Å². The van der Waals surface area contributed by atoms with Crippen LogP contribution in [0.2, 0.25) is 0 Å². The summed E-state index contributed by atoms with van der Waals surface area (Å²) in [5.41, 5.74) is 10.7. The van der Waals surface area contributed by atoms with Crippen LogP contribution in [0.1, 0.15) is 53.5 Å². The van der Waals surface area contributed by atoms with Gasteiger partial charge >= 0.3 is 5.97 Å². The van der Waals surface area contributed by atoms with Crippen LogP contribution in [-0.2, 0) is 14.3 Å². The summed E-state index contributed by atoms with van der Waals surface area (Å²) in [5, 5.41) is 10.6. The van der Waals surface area contributed by atoms with Crippen molar-refractivity contribution in [1.82, 2.24) is 20.6 Å². The summed E-state index contributed by atoms with van der Waals surface area (Å²) in [7, 11) is 0. The predicted octanol–water partition coefficient (Wildman–Crippen LogP) is 4.60. The first kappa shape index (κ1) is 29.5. The quantitative estimate of drug-likeness (QED) is 0.149. The molecule has 2 aromatic carbocycles. The lowest BCUT2D eigenvalue weighted by Crippen LogP contribution is -2.45. The van der Waals surface area contributed by atoms with Crippen LogP contribution in [0, 0.1) is 27.7 Å². The van der Waals surface area contributed by atoms with Crippen LogP contribution in [0.25, 0.3) is 5.69 Å². The van der Waals surface area contributed by atoms with E-state index >= 15 is 0 Å². The summed E-state index contributed by atoms with van der Waals surface area (Å²) in [6.07, 6.45) is 1.63. The van der Waals surface area contributed by atoms with Gasteiger partial charge < -0.3 is 24.7 Å². The van der Waals surface area contributed by atoms with E-state index in [-0.39, 0.29) is 13.2 Å². The third-order valence-electron chi connectivity index (χ3n) is 6.97. The molecule has 1 amide bonds. The Hall–Kier alpha value is -4.44. The van der Waals surface area contributed by atoms with E-state index in [0.29, 0.717) is 27.7 Å². The van der Waals surface area contributed by atoms with E-state index in [1.807, 2.05) is 32.0 Å². The number of nitrogens with zero attached hydrogens (tertiary/aromatic N) is 2. The fourth-order valence-corrected chi connectivity index (χ4v) is 5.06. The number of para-hydroxylation sites is 1. The molecule has 2 heterocycles. The Balaban J connectivity index is 1.45. The summed E-state index contributed by atoms with van der Waals surface area (Å²) >= 11 is 5.33. The van der Waals surface area contributed by atoms with Gasteiger partial charge in [-0.15, -0.1) is 0 Å². The molecule has 1 aliphatic rings. The number of nitrogens with one attached hydrogen (secondary N) is 3. The maximum atomic E-state index is 12.7. The fraction of sp³-hybridized carbons (Fsp3) is 0.290. The van der Waals surface area contributed by atoms with Gasteiger partial charge in [0.25, 0.3) is 5.91 Å². The third kappa shape index (κ3) is 6.66. The van der Waals surface area contributed by atoms with Gasteiger partial charge in [-0.05, 0) is 89.2 Å². The lowest BCUT2D eigenvalue weighted by molar-refractivity contribution is -0.139. The second kappa shape index (κ2) is 12.8. The standard InChI is InChI=1S/C31H35N5O4S/c1-7-39-30(38)28-21(5)33-31(41)34-29(28)25-10-8-9-11-26(25)40-17-27(37)35-32-16-23-15-20(4)36(22(23)6)24-13-12-18(2)19(3)14-24/h8-16,29H,7,17H2,1-6H3,(H,35,37)(H2,33,34,41)/t29-/m1/s1. The van der Waals surface area contributed by atoms with Crippen molar-refractivity contribution < 1.29 is 19.1 Å². The Morgan fingerprint density at radius 1 is 1.07 bits per heavy atom. The molecular weight excluding hydrogens is 538 g/mol.